The van der Waals surface area contributed by atoms with Crippen molar-refractivity contribution in [3.05, 3.63) is 23.2 Å². The van der Waals surface area contributed by atoms with E-state index in [-0.39, 0.29) is 0 Å². The molecule has 1 aromatic rings. The second kappa shape index (κ2) is 4.81. The third kappa shape index (κ3) is 2.24. The topological polar surface area (TPSA) is 48.4 Å². The summed E-state index contributed by atoms with van der Waals surface area (Å²) in [5, 5.41) is 0. The smallest absolute Gasteiger partial charge is 0.108 e. The van der Waals surface area contributed by atoms with Gasteiger partial charge in [-0.15, -0.1) is 0 Å². The summed E-state index contributed by atoms with van der Waals surface area (Å²) in [4.78, 5) is 0. The van der Waals surface area contributed by atoms with Crippen LogP contribution < -0.4 is 5.73 Å². The van der Waals surface area contributed by atoms with Crippen LogP contribution in [-0.4, -0.2) is 13.2 Å². The molecule has 1 fully saturated rings. The number of hydrogen-bond acceptors (Lipinski definition) is 3. The zero-order valence-electron chi connectivity index (χ0n) is 9.29. The summed E-state index contributed by atoms with van der Waals surface area (Å²) in [5.41, 5.74) is 6.85. The van der Waals surface area contributed by atoms with E-state index in [9.17, 15) is 0 Å². The monoisotopic (exact) mass is 209 g/mol. The van der Waals surface area contributed by atoms with E-state index in [0.29, 0.717) is 12.5 Å². The van der Waals surface area contributed by atoms with Crippen LogP contribution in [0, 0.1) is 0 Å². The molecule has 1 aliphatic rings. The summed E-state index contributed by atoms with van der Waals surface area (Å²) in [6.07, 6.45) is 3.07. The summed E-state index contributed by atoms with van der Waals surface area (Å²) in [6.45, 7) is 4.39. The van der Waals surface area contributed by atoms with E-state index >= 15 is 0 Å². The lowest BCUT2D eigenvalue weighted by atomic mass is 9.97. The molecular formula is C12H19NO2. The Morgan fingerprint density at radius 1 is 1.40 bits per heavy atom. The quantitative estimate of drug-likeness (QED) is 0.830. The molecule has 0 bridgehead atoms. The molecule has 1 aliphatic heterocycles. The van der Waals surface area contributed by atoms with Crippen LogP contribution in [0.2, 0.25) is 0 Å². The number of nitrogens with two attached hydrogens (primary N) is 1. The second-order valence-corrected chi connectivity index (χ2v) is 4.04. The van der Waals surface area contributed by atoms with Gasteiger partial charge in [-0.3, -0.25) is 0 Å². The summed E-state index contributed by atoms with van der Waals surface area (Å²) in [6, 6.07) is 2.13. The van der Waals surface area contributed by atoms with Gasteiger partial charge >= 0.3 is 0 Å². The molecule has 2 rings (SSSR count). The number of ether oxygens (including phenoxy) is 1. The summed E-state index contributed by atoms with van der Waals surface area (Å²) in [7, 11) is 0. The number of aryl methyl sites for hydroxylation is 1. The van der Waals surface area contributed by atoms with Gasteiger partial charge in [0.1, 0.15) is 11.5 Å². The van der Waals surface area contributed by atoms with Crippen LogP contribution in [0.4, 0.5) is 0 Å². The van der Waals surface area contributed by atoms with Gasteiger partial charge in [0.25, 0.3) is 0 Å². The van der Waals surface area contributed by atoms with E-state index in [4.69, 9.17) is 14.9 Å². The lowest BCUT2D eigenvalue weighted by Crippen LogP contribution is -2.13. The minimum Gasteiger partial charge on any atom is -0.465 e. The summed E-state index contributed by atoms with van der Waals surface area (Å²) in [5.74, 6) is 2.69. The molecule has 0 radical (unpaired) electrons. The zero-order valence-corrected chi connectivity index (χ0v) is 9.29. The van der Waals surface area contributed by atoms with Crippen LogP contribution in [0.25, 0.3) is 0 Å². The molecule has 3 heteroatoms. The van der Waals surface area contributed by atoms with Gasteiger partial charge in [0.2, 0.25) is 0 Å². The van der Waals surface area contributed by atoms with Crippen LogP contribution in [0.1, 0.15) is 42.8 Å². The van der Waals surface area contributed by atoms with Crippen molar-refractivity contribution in [2.75, 3.05) is 13.2 Å². The predicted molar refractivity (Wildman–Crippen MR) is 58.8 cm³/mol. The molecule has 1 aromatic heterocycles. The fourth-order valence-electron chi connectivity index (χ4n) is 2.14. The molecule has 1 saturated heterocycles. The molecule has 0 amide bonds. The van der Waals surface area contributed by atoms with Crippen LogP contribution in [0.3, 0.4) is 0 Å². The molecular weight excluding hydrogens is 190 g/mol. The number of rotatable bonds is 3. The molecule has 15 heavy (non-hydrogen) atoms. The lowest BCUT2D eigenvalue weighted by molar-refractivity contribution is 0.0804. The molecule has 3 nitrogen and oxygen atoms in total. The van der Waals surface area contributed by atoms with Crippen LogP contribution in [0.15, 0.2) is 10.5 Å². The van der Waals surface area contributed by atoms with Gasteiger partial charge in [-0.25, -0.2) is 0 Å². The first-order valence-corrected chi connectivity index (χ1v) is 5.74. The van der Waals surface area contributed by atoms with Crippen molar-refractivity contribution in [1.82, 2.24) is 0 Å². The Balaban J connectivity index is 2.16. The number of hydrogen-bond donors (Lipinski definition) is 1. The minimum atomic E-state index is 0.532. The van der Waals surface area contributed by atoms with Crippen molar-refractivity contribution in [1.29, 1.82) is 0 Å². The Kier molecular flexibility index (Phi) is 3.44. The highest BCUT2D eigenvalue weighted by molar-refractivity contribution is 5.23. The molecule has 0 unspecified atom stereocenters. The first-order chi connectivity index (χ1) is 7.35. The zero-order chi connectivity index (χ0) is 10.7. The fourth-order valence-corrected chi connectivity index (χ4v) is 2.14. The maximum Gasteiger partial charge on any atom is 0.108 e. The van der Waals surface area contributed by atoms with Gasteiger partial charge in [-0.1, -0.05) is 6.92 Å². The van der Waals surface area contributed by atoms with Crippen molar-refractivity contribution in [3.63, 3.8) is 0 Å². The Hall–Kier alpha value is -0.800. The van der Waals surface area contributed by atoms with E-state index in [1.807, 2.05) is 0 Å². The van der Waals surface area contributed by atoms with Crippen LogP contribution >= 0.6 is 0 Å². The average Bonchev–Trinajstić information content (AvgIpc) is 2.73. The Morgan fingerprint density at radius 2 is 2.13 bits per heavy atom. The molecule has 2 N–H and O–H groups in total. The van der Waals surface area contributed by atoms with E-state index in [1.54, 1.807) is 0 Å². The Morgan fingerprint density at radius 3 is 2.67 bits per heavy atom. The van der Waals surface area contributed by atoms with Crippen molar-refractivity contribution >= 4 is 0 Å². The highest BCUT2D eigenvalue weighted by Crippen LogP contribution is 2.30. The minimum absolute atomic E-state index is 0.532. The second-order valence-electron chi connectivity index (χ2n) is 4.04. The third-order valence-electron chi connectivity index (χ3n) is 3.08. The van der Waals surface area contributed by atoms with Crippen molar-refractivity contribution in [2.45, 2.75) is 38.6 Å². The highest BCUT2D eigenvalue weighted by atomic mass is 16.5. The van der Waals surface area contributed by atoms with Gasteiger partial charge in [0, 0.05) is 37.7 Å². The van der Waals surface area contributed by atoms with E-state index < -0.39 is 0 Å². The van der Waals surface area contributed by atoms with Crippen LogP contribution in [0.5, 0.6) is 0 Å². The highest BCUT2D eigenvalue weighted by Gasteiger charge is 2.20. The van der Waals surface area contributed by atoms with Crippen molar-refractivity contribution in [3.8, 4) is 0 Å². The summed E-state index contributed by atoms with van der Waals surface area (Å²) < 4.78 is 11.2. The first kappa shape index (κ1) is 10.7. The molecule has 0 spiro atoms. The maximum atomic E-state index is 5.86. The maximum absolute atomic E-state index is 5.86. The van der Waals surface area contributed by atoms with Crippen molar-refractivity contribution in [2.24, 2.45) is 5.73 Å². The van der Waals surface area contributed by atoms with Gasteiger partial charge in [0.05, 0.1) is 0 Å². The fraction of sp³-hybridized carbons (Fsp3) is 0.667. The molecule has 0 aromatic carbocycles. The van der Waals surface area contributed by atoms with Gasteiger partial charge in [0.15, 0.2) is 0 Å². The average molecular weight is 209 g/mol. The molecule has 0 atom stereocenters. The Bertz CT molecular complexity index is 292. The molecule has 2 heterocycles. The SMILES string of the molecule is CCc1oc(C2CCOCC2)cc1CN. The Labute approximate surface area is 90.6 Å². The third-order valence-corrected chi connectivity index (χ3v) is 3.08. The van der Waals surface area contributed by atoms with E-state index in [0.717, 1.165) is 44.0 Å². The normalized spacial score (nSPS) is 18.3. The van der Waals surface area contributed by atoms with Gasteiger partial charge in [-0.2, -0.15) is 0 Å². The predicted octanol–water partition coefficient (Wildman–Crippen LogP) is 2.19. The van der Waals surface area contributed by atoms with Gasteiger partial charge < -0.3 is 14.9 Å². The number of furan rings is 1. The largest absolute Gasteiger partial charge is 0.465 e. The van der Waals surface area contributed by atoms with Gasteiger partial charge in [-0.05, 0) is 18.9 Å². The summed E-state index contributed by atoms with van der Waals surface area (Å²) >= 11 is 0. The van der Waals surface area contributed by atoms with E-state index in [2.05, 4.69) is 13.0 Å². The first-order valence-electron chi connectivity index (χ1n) is 5.74. The van der Waals surface area contributed by atoms with Crippen molar-refractivity contribution < 1.29 is 9.15 Å². The molecule has 0 saturated carbocycles. The van der Waals surface area contributed by atoms with E-state index in [1.165, 1.54) is 5.56 Å². The lowest BCUT2D eigenvalue weighted by Gasteiger charge is -2.19. The van der Waals surface area contributed by atoms with Crippen LogP contribution in [-0.2, 0) is 17.7 Å². The molecule has 84 valence electrons. The molecule has 0 aliphatic carbocycles. The standard InChI is InChI=1S/C12H19NO2/c1-2-11-10(8-13)7-12(15-11)9-3-5-14-6-4-9/h7,9H,2-6,8,13H2,1H3.